The molecule has 0 atom stereocenters. The summed E-state index contributed by atoms with van der Waals surface area (Å²) >= 11 is 0.887. The second kappa shape index (κ2) is 6.93. The van der Waals surface area contributed by atoms with Crippen LogP contribution in [0.5, 0.6) is 0 Å². The molecule has 0 amide bonds. The number of thioether (sulfide) groups is 1. The van der Waals surface area contributed by atoms with E-state index in [9.17, 15) is 9.90 Å². The van der Waals surface area contributed by atoms with Crippen LogP contribution in [0.25, 0.3) is 0 Å². The van der Waals surface area contributed by atoms with Gasteiger partial charge in [0.25, 0.3) is 0 Å². The van der Waals surface area contributed by atoms with Gasteiger partial charge in [-0.1, -0.05) is 26.2 Å². The van der Waals surface area contributed by atoms with E-state index in [0.717, 1.165) is 24.6 Å². The van der Waals surface area contributed by atoms with Gasteiger partial charge in [0, 0.05) is 5.75 Å². The zero-order chi connectivity index (χ0) is 7.82. The van der Waals surface area contributed by atoms with Crippen LogP contribution in [0.4, 0.5) is 4.79 Å². The van der Waals surface area contributed by atoms with Crippen molar-refractivity contribution in [3.63, 3.8) is 0 Å². The van der Waals surface area contributed by atoms with Crippen LogP contribution in [-0.2, 0) is 5.11 Å². The average molecular weight is 161 g/mol. The quantitative estimate of drug-likeness (QED) is 0.581. The van der Waals surface area contributed by atoms with Gasteiger partial charge in [-0.3, -0.25) is 0 Å². The zero-order valence-corrected chi connectivity index (χ0v) is 7.08. The molecule has 0 rings (SSSR count). The highest BCUT2D eigenvalue weighted by molar-refractivity contribution is 8.13. The van der Waals surface area contributed by atoms with Crippen LogP contribution in [0.2, 0.25) is 0 Å². The molecule has 0 saturated carbocycles. The van der Waals surface area contributed by atoms with E-state index in [1.165, 1.54) is 12.8 Å². The summed E-state index contributed by atoms with van der Waals surface area (Å²) in [5, 5.41) is 8.88. The molecule has 0 saturated heterocycles. The van der Waals surface area contributed by atoms with E-state index >= 15 is 0 Å². The minimum atomic E-state index is -1.00. The first-order valence-electron chi connectivity index (χ1n) is 3.61. The van der Waals surface area contributed by atoms with Crippen molar-refractivity contribution in [2.75, 3.05) is 5.75 Å². The molecule has 0 unspecified atom stereocenters. The molecule has 10 heavy (non-hydrogen) atoms. The number of carbonyl (C=O) groups excluding carboxylic acids is 1. The van der Waals surface area contributed by atoms with Gasteiger partial charge >= 0.3 is 5.30 Å². The van der Waals surface area contributed by atoms with Gasteiger partial charge < -0.3 is 0 Å². The second-order valence-corrected chi connectivity index (χ2v) is 3.19. The maximum atomic E-state index is 9.88. The predicted molar refractivity (Wildman–Crippen MR) is 42.7 cm³/mol. The van der Waals surface area contributed by atoms with Crippen LogP contribution in [0.3, 0.4) is 0 Å². The van der Waals surface area contributed by atoms with Crippen LogP contribution in [0.1, 0.15) is 32.6 Å². The van der Waals surface area contributed by atoms with E-state index in [2.05, 4.69) is 6.92 Å². The molecule has 0 spiro atoms. The summed E-state index contributed by atoms with van der Waals surface area (Å²) < 4.78 is 0. The van der Waals surface area contributed by atoms with Gasteiger partial charge in [-0.15, -0.1) is 0 Å². The Balaban J connectivity index is 2.84. The second-order valence-electron chi connectivity index (χ2n) is 2.16. The first-order chi connectivity index (χ1) is 4.77. The lowest BCUT2D eigenvalue weighted by Crippen LogP contribution is -1.85. The minimum absolute atomic E-state index is 0.697. The normalized spacial score (nSPS) is 9.70. The Hall–Kier alpha value is -0.180. The molecule has 0 aromatic rings. The monoisotopic (exact) mass is 161 g/mol. The van der Waals surface area contributed by atoms with Crippen molar-refractivity contribution in [1.82, 2.24) is 0 Å². The molecule has 1 radical (unpaired) electrons. The van der Waals surface area contributed by atoms with Gasteiger partial charge in [0.2, 0.25) is 0 Å². The van der Waals surface area contributed by atoms with Gasteiger partial charge in [0.1, 0.15) is 0 Å². The van der Waals surface area contributed by atoms with E-state index < -0.39 is 5.30 Å². The Morgan fingerprint density at radius 3 is 2.50 bits per heavy atom. The van der Waals surface area contributed by atoms with Crippen molar-refractivity contribution in [1.29, 1.82) is 0 Å². The third kappa shape index (κ3) is 7.82. The van der Waals surface area contributed by atoms with Crippen LogP contribution in [0, 0.1) is 0 Å². The largest absolute Gasteiger partial charge is 0.413 e. The number of hydrogen-bond donors (Lipinski definition) is 0. The Kier molecular flexibility index (Phi) is 6.81. The van der Waals surface area contributed by atoms with Gasteiger partial charge in [-0.2, -0.15) is 0 Å². The molecule has 0 fully saturated rings. The fourth-order valence-electron chi connectivity index (χ4n) is 0.684. The van der Waals surface area contributed by atoms with Crippen molar-refractivity contribution in [2.24, 2.45) is 0 Å². The smallest absolute Gasteiger partial charge is 0.234 e. The van der Waals surface area contributed by atoms with Crippen molar-refractivity contribution in [3.8, 4) is 0 Å². The highest BCUT2D eigenvalue weighted by atomic mass is 32.2. The molecule has 0 aliphatic rings. The lowest BCUT2D eigenvalue weighted by Gasteiger charge is -1.93. The highest BCUT2D eigenvalue weighted by Crippen LogP contribution is 2.07. The average Bonchev–Trinajstić information content (AvgIpc) is 1.87. The van der Waals surface area contributed by atoms with Gasteiger partial charge in [0.05, 0.1) is 0 Å². The van der Waals surface area contributed by atoms with Crippen LogP contribution >= 0.6 is 11.8 Å². The molecular formula is C7H13O2S. The first-order valence-corrected chi connectivity index (χ1v) is 4.59. The minimum Gasteiger partial charge on any atom is -0.234 e. The van der Waals surface area contributed by atoms with Crippen molar-refractivity contribution in [3.05, 3.63) is 0 Å². The molecule has 0 heterocycles. The van der Waals surface area contributed by atoms with E-state index in [4.69, 9.17) is 0 Å². The number of hydrogen-bond acceptors (Lipinski definition) is 2. The standard InChI is InChI=1S/C7H13O2S/c1-2-3-4-5-6-10-7(8)9/h2-6H2,1H3. The van der Waals surface area contributed by atoms with Gasteiger partial charge in [0.15, 0.2) is 0 Å². The molecule has 0 aromatic carbocycles. The van der Waals surface area contributed by atoms with E-state index in [0.29, 0.717) is 5.75 Å². The maximum absolute atomic E-state index is 9.88. The fourth-order valence-corrected chi connectivity index (χ4v) is 1.20. The topological polar surface area (TPSA) is 37.0 Å². The summed E-state index contributed by atoms with van der Waals surface area (Å²) in [6, 6.07) is 0. The van der Waals surface area contributed by atoms with Crippen molar-refractivity contribution >= 4 is 17.1 Å². The maximum Gasteiger partial charge on any atom is 0.413 e. The molecule has 0 bridgehead atoms. The van der Waals surface area contributed by atoms with E-state index in [1.807, 2.05) is 0 Å². The molecule has 0 aliphatic carbocycles. The molecular weight excluding hydrogens is 148 g/mol. The van der Waals surface area contributed by atoms with E-state index in [-0.39, 0.29) is 0 Å². The van der Waals surface area contributed by atoms with E-state index in [1.54, 1.807) is 0 Å². The molecule has 0 aliphatic heterocycles. The predicted octanol–water partition coefficient (Wildman–Crippen LogP) is 2.85. The summed E-state index contributed by atoms with van der Waals surface area (Å²) in [6.45, 7) is 2.13. The van der Waals surface area contributed by atoms with Gasteiger partial charge in [-0.25, -0.2) is 9.90 Å². The molecule has 3 heteroatoms. The Morgan fingerprint density at radius 2 is 2.00 bits per heavy atom. The van der Waals surface area contributed by atoms with Crippen LogP contribution in [-0.4, -0.2) is 11.1 Å². The Bertz CT molecular complexity index is 93.6. The fraction of sp³-hybridized carbons (Fsp3) is 0.857. The highest BCUT2D eigenvalue weighted by Gasteiger charge is 1.97. The molecule has 59 valence electrons. The number of carbonyl (C=O) groups is 1. The lowest BCUT2D eigenvalue weighted by atomic mass is 10.2. The van der Waals surface area contributed by atoms with Crippen molar-refractivity contribution < 1.29 is 9.90 Å². The Labute approximate surface area is 66.0 Å². The Morgan fingerprint density at radius 1 is 1.30 bits per heavy atom. The van der Waals surface area contributed by atoms with Crippen molar-refractivity contribution in [2.45, 2.75) is 32.6 Å². The molecule has 0 aromatic heterocycles. The van der Waals surface area contributed by atoms with Gasteiger partial charge in [-0.05, 0) is 18.2 Å². The summed E-state index contributed by atoms with van der Waals surface area (Å²) in [5.74, 6) is 0.697. The number of rotatable bonds is 5. The molecule has 2 nitrogen and oxygen atoms in total. The summed E-state index contributed by atoms with van der Waals surface area (Å²) in [4.78, 5) is 9.88. The molecule has 0 N–H and O–H groups in total. The summed E-state index contributed by atoms with van der Waals surface area (Å²) in [6.07, 6.45) is 4.52. The third-order valence-corrected chi connectivity index (χ3v) is 1.95. The lowest BCUT2D eigenvalue weighted by molar-refractivity contribution is 0.199. The zero-order valence-electron chi connectivity index (χ0n) is 6.26. The first kappa shape index (κ1) is 9.82. The number of unbranched alkanes of at least 4 members (excludes halogenated alkanes) is 3. The third-order valence-electron chi connectivity index (χ3n) is 1.22. The van der Waals surface area contributed by atoms with Crippen LogP contribution < -0.4 is 0 Å². The SMILES string of the molecule is CCCCCCSC([O])=O. The summed E-state index contributed by atoms with van der Waals surface area (Å²) in [5.41, 5.74) is 0. The van der Waals surface area contributed by atoms with Crippen LogP contribution in [0.15, 0.2) is 0 Å². The summed E-state index contributed by atoms with van der Waals surface area (Å²) in [7, 11) is 0.